The fraction of sp³-hybridized carbons (Fsp3) is 0. The lowest BCUT2D eigenvalue weighted by molar-refractivity contribution is -0.115. The summed E-state index contributed by atoms with van der Waals surface area (Å²) < 4.78 is 0.539. The van der Waals surface area contributed by atoms with Crippen LogP contribution in [0.2, 0.25) is 0 Å². The fourth-order valence-electron chi connectivity index (χ4n) is 1.19. The quantitative estimate of drug-likeness (QED) is 0.782. The van der Waals surface area contributed by atoms with E-state index in [4.69, 9.17) is 0 Å². The smallest absolute Gasteiger partial charge is 0.290 e. The third-order valence-corrected chi connectivity index (χ3v) is 3.36. The molecule has 1 aliphatic heterocycles. The first-order valence-corrected chi connectivity index (χ1v) is 5.90. The van der Waals surface area contributed by atoms with Gasteiger partial charge in [-0.3, -0.25) is 14.9 Å². The molecule has 0 spiro atoms. The molecule has 0 radical (unpaired) electrons. The summed E-state index contributed by atoms with van der Waals surface area (Å²) >= 11 is 4.03. The number of rotatable bonds is 1. The molecular formula is C10H6BrNO3S. The van der Waals surface area contributed by atoms with Crippen molar-refractivity contribution >= 4 is 44.9 Å². The van der Waals surface area contributed by atoms with E-state index >= 15 is 0 Å². The van der Waals surface area contributed by atoms with E-state index in [-0.39, 0.29) is 16.9 Å². The number of carbonyl (C=O) groups is 2. The summed E-state index contributed by atoms with van der Waals surface area (Å²) in [4.78, 5) is 22.5. The van der Waals surface area contributed by atoms with Crippen LogP contribution in [0.15, 0.2) is 27.6 Å². The molecule has 6 heteroatoms. The van der Waals surface area contributed by atoms with Crippen LogP contribution in [0.3, 0.4) is 0 Å². The number of imide groups is 1. The lowest BCUT2D eigenvalue weighted by atomic mass is 10.2. The second-order valence-electron chi connectivity index (χ2n) is 3.06. The number of aromatic hydroxyl groups is 1. The third kappa shape index (κ3) is 2.28. The number of nitrogens with one attached hydrogen (secondary N) is 1. The Balaban J connectivity index is 2.32. The molecule has 1 aliphatic rings. The molecule has 0 aliphatic carbocycles. The predicted molar refractivity (Wildman–Crippen MR) is 64.9 cm³/mol. The van der Waals surface area contributed by atoms with E-state index in [2.05, 4.69) is 21.2 Å². The van der Waals surface area contributed by atoms with Crippen molar-refractivity contribution in [1.82, 2.24) is 5.32 Å². The molecule has 2 N–H and O–H groups in total. The zero-order valence-corrected chi connectivity index (χ0v) is 10.3. The van der Waals surface area contributed by atoms with Crippen LogP contribution in [-0.4, -0.2) is 16.3 Å². The van der Waals surface area contributed by atoms with Gasteiger partial charge in [-0.25, -0.2) is 0 Å². The average molecular weight is 300 g/mol. The molecule has 0 bridgehead atoms. The summed E-state index contributed by atoms with van der Waals surface area (Å²) in [6.45, 7) is 0. The lowest BCUT2D eigenvalue weighted by Crippen LogP contribution is -2.17. The Kier molecular flexibility index (Phi) is 3.02. The van der Waals surface area contributed by atoms with E-state index in [1.165, 1.54) is 6.07 Å². The first-order valence-electron chi connectivity index (χ1n) is 4.29. The van der Waals surface area contributed by atoms with E-state index < -0.39 is 0 Å². The summed E-state index contributed by atoms with van der Waals surface area (Å²) in [5.41, 5.74) is 0.733. The van der Waals surface area contributed by atoms with E-state index in [0.29, 0.717) is 9.38 Å². The molecule has 16 heavy (non-hydrogen) atoms. The number of phenolic OH excluding ortho intramolecular Hbond substituents is 1. The standard InChI is InChI=1S/C10H6BrNO3S/c11-6-3-5(1-2-7(6)13)4-8-9(14)12-10(15)16-8/h1-4,13H,(H,12,14,15)/b8-4-. The van der Waals surface area contributed by atoms with Gasteiger partial charge < -0.3 is 5.11 Å². The Morgan fingerprint density at radius 2 is 2.12 bits per heavy atom. The fourth-order valence-corrected chi connectivity index (χ4v) is 2.26. The van der Waals surface area contributed by atoms with Gasteiger partial charge in [0.2, 0.25) is 0 Å². The second kappa shape index (κ2) is 4.31. The molecule has 1 aromatic carbocycles. The molecule has 0 aromatic heterocycles. The van der Waals surface area contributed by atoms with Gasteiger partial charge in [0.25, 0.3) is 11.1 Å². The van der Waals surface area contributed by atoms with Crippen LogP contribution in [0.1, 0.15) is 5.56 Å². The minimum Gasteiger partial charge on any atom is -0.507 e. The van der Waals surface area contributed by atoms with Gasteiger partial charge in [0.05, 0.1) is 9.38 Å². The number of benzene rings is 1. The van der Waals surface area contributed by atoms with Gasteiger partial charge in [0, 0.05) is 0 Å². The number of hydrogen-bond acceptors (Lipinski definition) is 4. The van der Waals surface area contributed by atoms with Crippen LogP contribution in [-0.2, 0) is 4.79 Å². The first kappa shape index (κ1) is 11.2. The molecule has 2 amide bonds. The molecule has 1 fully saturated rings. The molecular weight excluding hydrogens is 294 g/mol. The number of carbonyl (C=O) groups excluding carboxylic acids is 2. The minimum absolute atomic E-state index is 0.127. The molecule has 0 atom stereocenters. The number of phenols is 1. The van der Waals surface area contributed by atoms with Crippen molar-refractivity contribution in [3.8, 4) is 5.75 Å². The highest BCUT2D eigenvalue weighted by Gasteiger charge is 2.24. The van der Waals surface area contributed by atoms with Gasteiger partial charge in [0.1, 0.15) is 5.75 Å². The largest absolute Gasteiger partial charge is 0.507 e. The zero-order valence-electron chi connectivity index (χ0n) is 7.86. The SMILES string of the molecule is O=C1NC(=O)/C(=C/c2ccc(O)c(Br)c2)S1. The van der Waals surface area contributed by atoms with E-state index in [0.717, 1.165) is 17.3 Å². The van der Waals surface area contributed by atoms with Gasteiger partial charge in [-0.05, 0) is 51.5 Å². The molecule has 1 heterocycles. The van der Waals surface area contributed by atoms with Crippen molar-refractivity contribution in [2.75, 3.05) is 0 Å². The minimum atomic E-state index is -0.390. The maximum atomic E-state index is 11.3. The van der Waals surface area contributed by atoms with Crippen molar-refractivity contribution < 1.29 is 14.7 Å². The Bertz CT molecular complexity index is 513. The van der Waals surface area contributed by atoms with Crippen molar-refractivity contribution in [3.63, 3.8) is 0 Å². The average Bonchev–Trinajstić information content (AvgIpc) is 2.51. The van der Waals surface area contributed by atoms with Crippen molar-refractivity contribution in [3.05, 3.63) is 33.1 Å². The summed E-state index contributed by atoms with van der Waals surface area (Å²) in [7, 11) is 0. The van der Waals surface area contributed by atoms with Crippen LogP contribution in [0.25, 0.3) is 6.08 Å². The monoisotopic (exact) mass is 299 g/mol. The van der Waals surface area contributed by atoms with Gasteiger partial charge in [0.15, 0.2) is 0 Å². The Hall–Kier alpha value is -1.27. The van der Waals surface area contributed by atoms with Crippen molar-refractivity contribution in [1.29, 1.82) is 0 Å². The Labute approximate surface area is 104 Å². The maximum Gasteiger partial charge on any atom is 0.290 e. The van der Waals surface area contributed by atoms with Crippen LogP contribution in [0.5, 0.6) is 5.75 Å². The lowest BCUT2D eigenvalue weighted by Gasteiger charge is -1.98. The zero-order chi connectivity index (χ0) is 11.7. The van der Waals surface area contributed by atoms with Gasteiger partial charge in [-0.1, -0.05) is 6.07 Å². The summed E-state index contributed by atoms with van der Waals surface area (Å²) in [6.07, 6.45) is 1.59. The highest BCUT2D eigenvalue weighted by atomic mass is 79.9. The summed E-state index contributed by atoms with van der Waals surface area (Å²) in [5, 5.41) is 11.1. The highest BCUT2D eigenvalue weighted by molar-refractivity contribution is 9.10. The van der Waals surface area contributed by atoms with Gasteiger partial charge in [-0.15, -0.1) is 0 Å². The third-order valence-electron chi connectivity index (χ3n) is 1.91. The molecule has 0 unspecified atom stereocenters. The number of thioether (sulfide) groups is 1. The normalized spacial score (nSPS) is 17.9. The molecule has 1 aromatic rings. The Morgan fingerprint density at radius 3 is 2.69 bits per heavy atom. The van der Waals surface area contributed by atoms with Crippen LogP contribution >= 0.6 is 27.7 Å². The number of amides is 2. The molecule has 1 saturated heterocycles. The molecule has 4 nitrogen and oxygen atoms in total. The molecule has 2 rings (SSSR count). The van der Waals surface area contributed by atoms with E-state index in [1.54, 1.807) is 18.2 Å². The summed E-state index contributed by atoms with van der Waals surface area (Å²) in [6, 6.07) is 4.83. The van der Waals surface area contributed by atoms with E-state index in [1.807, 2.05) is 0 Å². The highest BCUT2D eigenvalue weighted by Crippen LogP contribution is 2.29. The van der Waals surface area contributed by atoms with Crippen LogP contribution in [0, 0.1) is 0 Å². The summed E-state index contributed by atoms with van der Waals surface area (Å²) in [5.74, 6) is -0.263. The molecule has 0 saturated carbocycles. The van der Waals surface area contributed by atoms with Crippen molar-refractivity contribution in [2.45, 2.75) is 0 Å². The molecule has 82 valence electrons. The van der Waals surface area contributed by atoms with Gasteiger partial charge >= 0.3 is 0 Å². The second-order valence-corrected chi connectivity index (χ2v) is 4.93. The van der Waals surface area contributed by atoms with E-state index in [9.17, 15) is 14.7 Å². The topological polar surface area (TPSA) is 66.4 Å². The van der Waals surface area contributed by atoms with Crippen LogP contribution in [0.4, 0.5) is 4.79 Å². The predicted octanol–water partition coefficient (Wildman–Crippen LogP) is 2.48. The first-order chi connectivity index (χ1) is 7.56. The maximum absolute atomic E-state index is 11.3. The number of hydrogen-bond donors (Lipinski definition) is 2. The number of halogens is 1. The Morgan fingerprint density at radius 1 is 1.38 bits per heavy atom. The van der Waals surface area contributed by atoms with Crippen molar-refractivity contribution in [2.24, 2.45) is 0 Å². The van der Waals surface area contributed by atoms with Crippen LogP contribution < -0.4 is 5.32 Å². The van der Waals surface area contributed by atoms with Gasteiger partial charge in [-0.2, -0.15) is 0 Å².